The van der Waals surface area contributed by atoms with E-state index < -0.39 is 31.1 Å². The summed E-state index contributed by atoms with van der Waals surface area (Å²) in [6.45, 7) is -0.533. The molecule has 4 aromatic rings. The number of ether oxygens (including phenoxy) is 4. The molecule has 0 saturated carbocycles. The van der Waals surface area contributed by atoms with E-state index in [1.807, 2.05) is 0 Å². The van der Waals surface area contributed by atoms with Gasteiger partial charge in [0.2, 0.25) is 6.79 Å². The van der Waals surface area contributed by atoms with Crippen LogP contribution >= 0.6 is 0 Å². The first-order chi connectivity index (χ1) is 18.7. The molecule has 13 heteroatoms. The zero-order chi connectivity index (χ0) is 27.7. The summed E-state index contributed by atoms with van der Waals surface area (Å²) in [5.74, 6) is 1.80. The molecule has 202 valence electrons. The Morgan fingerprint density at radius 1 is 0.974 bits per heavy atom. The fourth-order valence-corrected chi connectivity index (χ4v) is 5.88. The van der Waals surface area contributed by atoms with Crippen LogP contribution in [0.2, 0.25) is 0 Å². The molecule has 2 heterocycles. The van der Waals surface area contributed by atoms with E-state index >= 15 is 0 Å². The van der Waals surface area contributed by atoms with E-state index in [4.69, 9.17) is 18.9 Å². The second-order valence-electron chi connectivity index (χ2n) is 8.60. The smallest absolute Gasteiger partial charge is 0.289 e. The Labute approximate surface area is 222 Å². The minimum absolute atomic E-state index is 0.0394. The van der Waals surface area contributed by atoms with Crippen molar-refractivity contribution in [2.45, 2.75) is 18.0 Å². The van der Waals surface area contributed by atoms with Gasteiger partial charge in [0, 0.05) is 36.2 Å². The quantitative estimate of drug-likeness (QED) is 0.242. The van der Waals surface area contributed by atoms with Gasteiger partial charge in [-0.2, -0.15) is 4.31 Å². The summed E-state index contributed by atoms with van der Waals surface area (Å²) < 4.78 is 50.2. The number of aromatic amines is 1. The van der Waals surface area contributed by atoms with Crippen LogP contribution in [0.5, 0.6) is 23.0 Å². The molecule has 0 amide bonds. The number of hydrogen-bond acceptors (Lipinski definition) is 9. The van der Waals surface area contributed by atoms with Gasteiger partial charge in [-0.05, 0) is 35.9 Å². The third kappa shape index (κ3) is 4.96. The Morgan fingerprint density at radius 2 is 1.69 bits per heavy atom. The van der Waals surface area contributed by atoms with Crippen LogP contribution in [-0.2, 0) is 23.1 Å². The number of nitrogens with one attached hydrogen (secondary N) is 1. The zero-order valence-electron chi connectivity index (χ0n) is 20.9. The number of para-hydroxylation sites is 1. The predicted octanol–water partition coefficient (Wildman–Crippen LogP) is 3.57. The average Bonchev–Trinajstić information content (AvgIpc) is 3.40. The fraction of sp³-hybridized carbons (Fsp3) is 0.192. The number of benzene rings is 3. The largest absolute Gasteiger partial charge is 0.493 e. The van der Waals surface area contributed by atoms with Crippen LogP contribution in [0.15, 0.2) is 70.4 Å². The van der Waals surface area contributed by atoms with E-state index in [2.05, 4.69) is 4.98 Å². The number of nitro benzene ring substituents is 1. The number of sulfonamides is 1. The molecule has 12 nitrogen and oxygen atoms in total. The summed E-state index contributed by atoms with van der Waals surface area (Å²) in [6, 6.07) is 14.8. The molecule has 0 fully saturated rings. The first-order valence-electron chi connectivity index (χ1n) is 11.6. The van der Waals surface area contributed by atoms with Gasteiger partial charge in [-0.25, -0.2) is 8.42 Å². The lowest BCUT2D eigenvalue weighted by molar-refractivity contribution is -0.387. The van der Waals surface area contributed by atoms with Crippen LogP contribution in [0.3, 0.4) is 0 Å². The Bertz CT molecular complexity index is 1750. The molecular formula is C26H23N3O9S. The van der Waals surface area contributed by atoms with Gasteiger partial charge in [0.1, 0.15) is 0 Å². The molecule has 1 aliphatic heterocycles. The normalized spacial score (nSPS) is 12.6. The van der Waals surface area contributed by atoms with Crippen LogP contribution in [0.25, 0.3) is 10.9 Å². The molecule has 39 heavy (non-hydrogen) atoms. The van der Waals surface area contributed by atoms with Crippen molar-refractivity contribution < 1.29 is 32.3 Å². The van der Waals surface area contributed by atoms with Crippen molar-refractivity contribution in [1.29, 1.82) is 0 Å². The third-order valence-electron chi connectivity index (χ3n) is 6.25. The van der Waals surface area contributed by atoms with Gasteiger partial charge in [-0.3, -0.25) is 14.9 Å². The van der Waals surface area contributed by atoms with Crippen LogP contribution in [0, 0.1) is 10.1 Å². The number of aromatic nitrogens is 1. The molecule has 0 saturated heterocycles. The van der Waals surface area contributed by atoms with E-state index in [-0.39, 0.29) is 25.4 Å². The molecule has 0 atom stereocenters. The molecule has 0 unspecified atom stereocenters. The van der Waals surface area contributed by atoms with Gasteiger partial charge in [-0.1, -0.05) is 18.2 Å². The highest BCUT2D eigenvalue weighted by Gasteiger charge is 2.32. The second kappa shape index (κ2) is 10.3. The van der Waals surface area contributed by atoms with Crippen LogP contribution < -0.4 is 24.5 Å². The number of fused-ring (bicyclic) bond motifs is 2. The molecule has 0 spiro atoms. The SMILES string of the molecule is COc1cc2cc(CN(Cc3ccc4c(c3)OCO4)S(=O)(=O)c3ccccc3[N+](=O)[O-])c(=O)[nH]c2cc1OC. The molecule has 0 aliphatic carbocycles. The summed E-state index contributed by atoms with van der Waals surface area (Å²) in [7, 11) is -1.51. The van der Waals surface area contributed by atoms with E-state index in [0.29, 0.717) is 39.5 Å². The Balaban J connectivity index is 1.61. The summed E-state index contributed by atoms with van der Waals surface area (Å²) in [5, 5.41) is 12.2. The lowest BCUT2D eigenvalue weighted by Crippen LogP contribution is -2.33. The van der Waals surface area contributed by atoms with Crippen molar-refractivity contribution >= 4 is 26.6 Å². The minimum Gasteiger partial charge on any atom is -0.493 e. The number of nitro groups is 1. The van der Waals surface area contributed by atoms with Crippen molar-refractivity contribution in [2.24, 2.45) is 0 Å². The number of pyridine rings is 1. The van der Waals surface area contributed by atoms with Gasteiger partial charge >= 0.3 is 0 Å². The Kier molecular flexibility index (Phi) is 6.85. The highest BCUT2D eigenvalue weighted by molar-refractivity contribution is 7.89. The maximum absolute atomic E-state index is 13.9. The number of nitrogens with zero attached hydrogens (tertiary/aromatic N) is 2. The van der Waals surface area contributed by atoms with Gasteiger partial charge in [0.05, 0.1) is 24.7 Å². The Morgan fingerprint density at radius 3 is 2.44 bits per heavy atom. The van der Waals surface area contributed by atoms with Gasteiger partial charge in [0.25, 0.3) is 21.3 Å². The van der Waals surface area contributed by atoms with E-state index in [0.717, 1.165) is 10.4 Å². The second-order valence-corrected chi connectivity index (χ2v) is 10.5. The molecular weight excluding hydrogens is 530 g/mol. The number of rotatable bonds is 9. The topological polar surface area (TPSA) is 150 Å². The summed E-state index contributed by atoms with van der Waals surface area (Å²) in [4.78, 5) is 26.2. The summed E-state index contributed by atoms with van der Waals surface area (Å²) in [6.07, 6.45) is 0. The van der Waals surface area contributed by atoms with Gasteiger partial charge in [0.15, 0.2) is 27.9 Å². The van der Waals surface area contributed by atoms with Crippen molar-refractivity contribution in [3.8, 4) is 23.0 Å². The molecule has 1 N–H and O–H groups in total. The van der Waals surface area contributed by atoms with Gasteiger partial charge < -0.3 is 23.9 Å². The third-order valence-corrected chi connectivity index (χ3v) is 8.09. The molecule has 1 aliphatic rings. The van der Waals surface area contributed by atoms with Crippen LogP contribution in [0.1, 0.15) is 11.1 Å². The van der Waals surface area contributed by atoms with E-state index in [9.17, 15) is 23.3 Å². The van der Waals surface area contributed by atoms with E-state index in [1.54, 1.807) is 36.4 Å². The van der Waals surface area contributed by atoms with Crippen LogP contribution in [-0.4, -0.2) is 43.6 Å². The fourth-order valence-electron chi connectivity index (χ4n) is 4.32. The molecule has 3 aromatic carbocycles. The molecule has 0 radical (unpaired) electrons. The monoisotopic (exact) mass is 553 g/mol. The van der Waals surface area contributed by atoms with Crippen LogP contribution in [0.4, 0.5) is 5.69 Å². The maximum atomic E-state index is 13.9. The number of methoxy groups -OCH3 is 2. The minimum atomic E-state index is -4.46. The highest BCUT2D eigenvalue weighted by atomic mass is 32.2. The maximum Gasteiger partial charge on any atom is 0.289 e. The van der Waals surface area contributed by atoms with Gasteiger partial charge in [-0.15, -0.1) is 0 Å². The molecule has 5 rings (SSSR count). The predicted molar refractivity (Wildman–Crippen MR) is 140 cm³/mol. The zero-order valence-corrected chi connectivity index (χ0v) is 21.7. The van der Waals surface area contributed by atoms with Crippen molar-refractivity contribution in [2.75, 3.05) is 21.0 Å². The van der Waals surface area contributed by atoms with Crippen molar-refractivity contribution in [3.63, 3.8) is 0 Å². The standard InChI is InChI=1S/C26H23N3O9S/c1-35-22-11-17-10-18(26(30)27-19(17)12-23(22)36-2)14-28(13-16-7-8-21-24(9-16)38-15-37-21)39(33,34)25-6-4-3-5-20(25)29(31)32/h3-12H,13-15H2,1-2H3,(H,27,30). The van der Waals surface area contributed by atoms with Crippen molar-refractivity contribution in [3.05, 3.63) is 92.3 Å². The summed E-state index contributed by atoms with van der Waals surface area (Å²) >= 11 is 0. The Hall–Kier alpha value is -4.62. The lowest BCUT2D eigenvalue weighted by atomic mass is 10.1. The van der Waals surface area contributed by atoms with Crippen molar-refractivity contribution in [1.82, 2.24) is 9.29 Å². The van der Waals surface area contributed by atoms with E-state index in [1.165, 1.54) is 32.4 Å². The molecule has 0 bridgehead atoms. The molecule has 1 aromatic heterocycles. The highest BCUT2D eigenvalue weighted by Crippen LogP contribution is 2.35. The average molecular weight is 554 g/mol. The number of hydrogen-bond donors (Lipinski definition) is 1. The first-order valence-corrected chi connectivity index (χ1v) is 13.1. The lowest BCUT2D eigenvalue weighted by Gasteiger charge is -2.22. The number of H-pyrrole nitrogens is 1. The first kappa shape index (κ1) is 26.0. The summed E-state index contributed by atoms with van der Waals surface area (Å²) in [5.41, 5.74) is 0.0218.